The largest absolute Gasteiger partial charge is 0.500 e. The summed E-state index contributed by atoms with van der Waals surface area (Å²) < 4.78 is 11.7. The van der Waals surface area contributed by atoms with E-state index in [1.165, 1.54) is 0 Å². The molecule has 2 heterocycles. The molecule has 1 saturated heterocycles. The van der Waals surface area contributed by atoms with Crippen LogP contribution in [-0.4, -0.2) is 23.3 Å². The van der Waals surface area contributed by atoms with Crippen molar-refractivity contribution in [1.29, 1.82) is 5.26 Å². The van der Waals surface area contributed by atoms with Crippen molar-refractivity contribution in [2.75, 3.05) is 0 Å². The predicted octanol–water partition coefficient (Wildman–Crippen LogP) is 1.30. The number of hydrogen-bond donors (Lipinski definition) is 1. The van der Waals surface area contributed by atoms with Gasteiger partial charge < -0.3 is 14.3 Å². The number of aromatic nitrogens is 1. The van der Waals surface area contributed by atoms with E-state index in [2.05, 4.69) is 11.1 Å². The first kappa shape index (κ1) is 14.8. The van der Waals surface area contributed by atoms with Gasteiger partial charge in [-0.1, -0.05) is 6.07 Å². The van der Waals surface area contributed by atoms with Crippen LogP contribution in [0.5, 0.6) is 0 Å². The molecule has 0 bridgehead atoms. The molecule has 1 N–H and O–H groups in total. The molecule has 0 saturated carbocycles. The Balaban J connectivity index is 2.33. The summed E-state index contributed by atoms with van der Waals surface area (Å²) in [4.78, 5) is 14.9. The lowest BCUT2D eigenvalue weighted by molar-refractivity contribution is 0.00578. The molecule has 0 amide bonds. The van der Waals surface area contributed by atoms with Gasteiger partial charge in [0.15, 0.2) is 0 Å². The maximum atomic E-state index is 12.1. The quantitative estimate of drug-likeness (QED) is 0.825. The van der Waals surface area contributed by atoms with Gasteiger partial charge in [0.2, 0.25) is 5.56 Å². The smallest absolute Gasteiger partial charge is 0.399 e. The highest BCUT2D eigenvalue weighted by atomic mass is 16.7. The standard InChI is InChI=1S/C14H19BN2O3/c1-9(8-16)11-7-6-10(12(18)17-11)15-19-13(2,3)14(4,5)20-15/h6-7,9H,1-5H3,(H,17,18). The Hall–Kier alpha value is -1.58. The Morgan fingerprint density at radius 1 is 1.25 bits per heavy atom. The highest BCUT2D eigenvalue weighted by molar-refractivity contribution is 6.61. The first-order valence-corrected chi connectivity index (χ1v) is 6.66. The molecule has 1 atom stereocenters. The molecule has 0 spiro atoms. The monoisotopic (exact) mass is 274 g/mol. The van der Waals surface area contributed by atoms with E-state index in [1.807, 2.05) is 27.7 Å². The lowest BCUT2D eigenvalue weighted by atomic mass is 9.80. The fraction of sp³-hybridized carbons (Fsp3) is 0.571. The van der Waals surface area contributed by atoms with E-state index in [4.69, 9.17) is 14.6 Å². The van der Waals surface area contributed by atoms with E-state index < -0.39 is 18.3 Å². The number of H-pyrrole nitrogens is 1. The summed E-state index contributed by atoms with van der Waals surface area (Å²) >= 11 is 0. The van der Waals surface area contributed by atoms with Gasteiger partial charge in [0.25, 0.3) is 0 Å². The van der Waals surface area contributed by atoms with Crippen molar-refractivity contribution in [3.05, 3.63) is 28.2 Å². The van der Waals surface area contributed by atoms with Crippen molar-refractivity contribution in [2.24, 2.45) is 0 Å². The highest BCUT2D eigenvalue weighted by Gasteiger charge is 2.52. The van der Waals surface area contributed by atoms with Gasteiger partial charge in [0.1, 0.15) is 0 Å². The normalized spacial score (nSPS) is 21.5. The second kappa shape index (κ2) is 4.76. The van der Waals surface area contributed by atoms with E-state index in [0.29, 0.717) is 11.2 Å². The summed E-state index contributed by atoms with van der Waals surface area (Å²) in [6, 6.07) is 5.49. The molecule has 0 aliphatic carbocycles. The fourth-order valence-corrected chi connectivity index (χ4v) is 1.98. The van der Waals surface area contributed by atoms with Gasteiger partial charge in [0.05, 0.1) is 23.2 Å². The van der Waals surface area contributed by atoms with Crippen molar-refractivity contribution in [3.63, 3.8) is 0 Å². The first-order valence-electron chi connectivity index (χ1n) is 6.66. The van der Waals surface area contributed by atoms with E-state index in [9.17, 15) is 4.79 Å². The van der Waals surface area contributed by atoms with Crippen LogP contribution in [0.1, 0.15) is 46.2 Å². The number of aromatic amines is 1. The van der Waals surface area contributed by atoms with Gasteiger partial charge in [-0.15, -0.1) is 0 Å². The van der Waals surface area contributed by atoms with Crippen LogP contribution in [-0.2, 0) is 9.31 Å². The van der Waals surface area contributed by atoms with Crippen LogP contribution in [0.15, 0.2) is 16.9 Å². The topological polar surface area (TPSA) is 75.1 Å². The molecule has 106 valence electrons. The Labute approximate surface area is 119 Å². The van der Waals surface area contributed by atoms with E-state index in [1.54, 1.807) is 19.1 Å². The van der Waals surface area contributed by atoms with Crippen LogP contribution >= 0.6 is 0 Å². The van der Waals surface area contributed by atoms with Crippen LogP contribution < -0.4 is 11.0 Å². The molecule has 5 nitrogen and oxygen atoms in total. The lowest BCUT2D eigenvalue weighted by Gasteiger charge is -2.32. The van der Waals surface area contributed by atoms with Gasteiger partial charge >= 0.3 is 7.12 Å². The Kier molecular flexibility index (Phi) is 3.53. The predicted molar refractivity (Wildman–Crippen MR) is 76.8 cm³/mol. The maximum Gasteiger partial charge on any atom is 0.500 e. The maximum absolute atomic E-state index is 12.1. The first-order chi connectivity index (χ1) is 9.18. The van der Waals surface area contributed by atoms with E-state index in [-0.39, 0.29) is 11.5 Å². The van der Waals surface area contributed by atoms with Gasteiger partial charge in [-0.05, 0) is 40.7 Å². The molecule has 6 heteroatoms. The van der Waals surface area contributed by atoms with Crippen molar-refractivity contribution in [3.8, 4) is 6.07 Å². The Morgan fingerprint density at radius 2 is 1.80 bits per heavy atom. The SMILES string of the molecule is CC(C#N)c1ccc(B2OC(C)(C)C(C)(C)O2)c(=O)[nH]1. The molecule has 0 radical (unpaired) electrons. The van der Waals surface area contributed by atoms with Crippen LogP contribution in [0, 0.1) is 11.3 Å². The number of hydrogen-bond acceptors (Lipinski definition) is 4. The number of nitrogens with one attached hydrogen (secondary N) is 1. The van der Waals surface area contributed by atoms with E-state index >= 15 is 0 Å². The molecule has 20 heavy (non-hydrogen) atoms. The van der Waals surface area contributed by atoms with Crippen molar-refractivity contribution in [2.45, 2.75) is 51.7 Å². The molecule has 1 aromatic rings. The van der Waals surface area contributed by atoms with Gasteiger partial charge in [-0.2, -0.15) is 5.26 Å². The summed E-state index contributed by atoms with van der Waals surface area (Å²) in [6.45, 7) is 9.49. The Morgan fingerprint density at radius 3 is 2.25 bits per heavy atom. The molecule has 1 aliphatic heterocycles. The molecule has 1 aromatic heterocycles. The molecular formula is C14H19BN2O3. The van der Waals surface area contributed by atoms with Crippen LogP contribution in [0.2, 0.25) is 0 Å². The average molecular weight is 274 g/mol. The zero-order valence-electron chi connectivity index (χ0n) is 12.5. The van der Waals surface area contributed by atoms with Gasteiger partial charge in [0, 0.05) is 11.2 Å². The van der Waals surface area contributed by atoms with Gasteiger partial charge in [-0.25, -0.2) is 0 Å². The highest BCUT2D eigenvalue weighted by Crippen LogP contribution is 2.36. The lowest BCUT2D eigenvalue weighted by Crippen LogP contribution is -2.45. The van der Waals surface area contributed by atoms with Crippen molar-refractivity contribution < 1.29 is 9.31 Å². The van der Waals surface area contributed by atoms with Gasteiger partial charge in [-0.3, -0.25) is 4.79 Å². The average Bonchev–Trinajstić information content (AvgIpc) is 2.57. The summed E-state index contributed by atoms with van der Waals surface area (Å²) in [5.74, 6) is -0.352. The van der Waals surface area contributed by atoms with Crippen LogP contribution in [0.25, 0.3) is 0 Å². The van der Waals surface area contributed by atoms with Crippen LogP contribution in [0.3, 0.4) is 0 Å². The van der Waals surface area contributed by atoms with Crippen LogP contribution in [0.4, 0.5) is 0 Å². The fourth-order valence-electron chi connectivity index (χ4n) is 1.98. The minimum Gasteiger partial charge on any atom is -0.399 e. The minimum atomic E-state index is -0.685. The number of nitriles is 1. The second-order valence-electron chi connectivity index (χ2n) is 6.14. The third-order valence-corrected chi connectivity index (χ3v) is 4.13. The molecular weight excluding hydrogens is 255 g/mol. The molecule has 1 fully saturated rings. The molecule has 1 unspecified atom stereocenters. The summed E-state index contributed by atoms with van der Waals surface area (Å²) in [6.07, 6.45) is 0. The number of pyridine rings is 1. The second-order valence-corrected chi connectivity index (χ2v) is 6.14. The Bertz CT molecular complexity index is 600. The van der Waals surface area contributed by atoms with Crippen molar-refractivity contribution >= 4 is 12.6 Å². The summed E-state index contributed by atoms with van der Waals surface area (Å²) in [5.41, 5.74) is -0.218. The van der Waals surface area contributed by atoms with Crippen molar-refractivity contribution in [1.82, 2.24) is 4.98 Å². The third-order valence-electron chi connectivity index (χ3n) is 4.13. The molecule has 2 rings (SSSR count). The zero-order valence-corrected chi connectivity index (χ0v) is 12.5. The minimum absolute atomic E-state index is 0.275. The summed E-state index contributed by atoms with van der Waals surface area (Å²) in [5, 5.41) is 8.88. The molecule has 1 aliphatic rings. The zero-order chi connectivity index (χ0) is 15.1. The number of nitrogens with zero attached hydrogens (tertiary/aromatic N) is 1. The third kappa shape index (κ3) is 2.39. The molecule has 0 aromatic carbocycles. The summed E-state index contributed by atoms with van der Waals surface area (Å²) in [7, 11) is -0.685. The number of rotatable bonds is 2. The van der Waals surface area contributed by atoms with E-state index in [0.717, 1.165) is 0 Å².